The van der Waals surface area contributed by atoms with E-state index in [1.165, 1.54) is 24.3 Å². The van der Waals surface area contributed by atoms with Gasteiger partial charge >= 0.3 is 16.1 Å². The number of hydrogen-bond acceptors (Lipinski definition) is 5. The molecule has 0 unspecified atom stereocenters. The topological polar surface area (TPSA) is 93.6 Å². The highest BCUT2D eigenvalue weighted by atomic mass is 32.2. The van der Waals surface area contributed by atoms with E-state index >= 15 is 0 Å². The van der Waals surface area contributed by atoms with Gasteiger partial charge in [-0.15, -0.1) is 0 Å². The lowest BCUT2D eigenvalue weighted by Gasteiger charge is -2.10. The molecule has 2 rings (SSSR count). The van der Waals surface area contributed by atoms with Crippen LogP contribution in [0.2, 0.25) is 0 Å². The average Bonchev–Trinajstić information content (AvgIpc) is 2.41. The molecule has 0 fully saturated rings. The van der Waals surface area contributed by atoms with Crippen molar-refractivity contribution in [2.45, 2.75) is 25.2 Å². The Morgan fingerprint density at radius 3 is 2.32 bits per heavy atom. The molecule has 116 valence electrons. The summed E-state index contributed by atoms with van der Waals surface area (Å²) in [5, 5.41) is 8.72. The second-order valence-electron chi connectivity index (χ2n) is 4.81. The summed E-state index contributed by atoms with van der Waals surface area (Å²) >= 11 is 0. The Bertz CT molecular complexity index is 797. The molecule has 1 heterocycles. The van der Waals surface area contributed by atoms with Crippen molar-refractivity contribution < 1.29 is 22.5 Å². The minimum atomic E-state index is -3.94. The van der Waals surface area contributed by atoms with Crippen LogP contribution >= 0.6 is 0 Å². The largest absolute Gasteiger partial charge is 0.481 e. The number of aliphatic carboxylic acids is 1. The molecule has 0 aliphatic heterocycles. The summed E-state index contributed by atoms with van der Waals surface area (Å²) in [5.74, 6) is -0.928. The van der Waals surface area contributed by atoms with Crippen LogP contribution in [0.25, 0.3) is 0 Å². The molecule has 0 atom stereocenters. The Morgan fingerprint density at radius 1 is 1.14 bits per heavy atom. The lowest BCUT2D eigenvalue weighted by Crippen LogP contribution is -2.11. The summed E-state index contributed by atoms with van der Waals surface area (Å²) in [4.78, 5) is 14.7. The average molecular weight is 321 g/mol. The van der Waals surface area contributed by atoms with E-state index in [1.54, 1.807) is 19.1 Å². The van der Waals surface area contributed by atoms with Gasteiger partial charge in [-0.2, -0.15) is 8.42 Å². The van der Waals surface area contributed by atoms with E-state index in [1.807, 2.05) is 6.92 Å². The van der Waals surface area contributed by atoms with Crippen molar-refractivity contribution in [2.75, 3.05) is 0 Å². The Balaban J connectivity index is 2.26. The molecule has 0 saturated carbocycles. The number of carbonyl (C=O) groups is 1. The lowest BCUT2D eigenvalue weighted by atomic mass is 10.2. The highest BCUT2D eigenvalue weighted by Crippen LogP contribution is 2.22. The van der Waals surface area contributed by atoms with Crippen molar-refractivity contribution in [3.8, 4) is 5.75 Å². The zero-order valence-corrected chi connectivity index (χ0v) is 12.9. The first-order valence-corrected chi connectivity index (χ1v) is 7.88. The molecule has 2 aromatic rings. The van der Waals surface area contributed by atoms with Gasteiger partial charge in [-0.3, -0.25) is 9.78 Å². The number of nitrogens with zero attached hydrogens (tertiary/aromatic N) is 1. The van der Waals surface area contributed by atoms with E-state index in [0.717, 1.165) is 5.56 Å². The minimum absolute atomic E-state index is 0.0483. The standard InChI is InChI=1S/C15H15NO5S/c1-10-3-6-13(7-4-10)22(19,20)21-14-8-5-12(9-15(17)18)16-11(14)2/h3-8H,9H2,1-2H3,(H,17,18). The van der Waals surface area contributed by atoms with Gasteiger partial charge in [0.15, 0.2) is 5.75 Å². The molecule has 7 heteroatoms. The van der Waals surface area contributed by atoms with Crippen molar-refractivity contribution in [1.29, 1.82) is 0 Å². The van der Waals surface area contributed by atoms with Crippen LogP contribution in [0.1, 0.15) is 17.0 Å². The summed E-state index contributed by atoms with van der Waals surface area (Å²) in [6, 6.07) is 9.13. The zero-order chi connectivity index (χ0) is 16.3. The Hall–Kier alpha value is -2.41. The number of hydrogen-bond donors (Lipinski definition) is 1. The number of aromatic nitrogens is 1. The summed E-state index contributed by atoms with van der Waals surface area (Å²) in [5.41, 5.74) is 1.59. The van der Waals surface area contributed by atoms with Crippen molar-refractivity contribution in [2.24, 2.45) is 0 Å². The van der Waals surface area contributed by atoms with E-state index in [4.69, 9.17) is 9.29 Å². The van der Waals surface area contributed by atoms with Crippen LogP contribution in [0.15, 0.2) is 41.3 Å². The molecular formula is C15H15NO5S. The van der Waals surface area contributed by atoms with Crippen LogP contribution < -0.4 is 4.18 Å². The molecule has 0 spiro atoms. The second-order valence-corrected chi connectivity index (χ2v) is 6.35. The van der Waals surface area contributed by atoms with Gasteiger partial charge in [0.1, 0.15) is 4.90 Å². The number of pyridine rings is 1. The molecular weight excluding hydrogens is 306 g/mol. The number of carboxylic acids is 1. The fourth-order valence-electron chi connectivity index (χ4n) is 1.81. The second kappa shape index (κ2) is 6.15. The number of carboxylic acid groups (broad SMARTS) is 1. The number of benzene rings is 1. The first-order chi connectivity index (χ1) is 10.3. The van der Waals surface area contributed by atoms with Crippen molar-refractivity contribution in [3.63, 3.8) is 0 Å². The zero-order valence-electron chi connectivity index (χ0n) is 12.1. The van der Waals surface area contributed by atoms with E-state index in [9.17, 15) is 13.2 Å². The quantitative estimate of drug-likeness (QED) is 0.848. The van der Waals surface area contributed by atoms with E-state index < -0.39 is 16.1 Å². The van der Waals surface area contributed by atoms with Crippen molar-refractivity contribution >= 4 is 16.1 Å². The van der Waals surface area contributed by atoms with Gasteiger partial charge in [-0.1, -0.05) is 17.7 Å². The third-order valence-electron chi connectivity index (χ3n) is 2.94. The van der Waals surface area contributed by atoms with Crippen molar-refractivity contribution in [3.05, 3.63) is 53.3 Å². The predicted octanol–water partition coefficient (Wildman–Crippen LogP) is 2.09. The van der Waals surface area contributed by atoms with Gasteiger partial charge in [-0.05, 0) is 38.1 Å². The summed E-state index contributed by atoms with van der Waals surface area (Å²) in [6.45, 7) is 3.41. The predicted molar refractivity (Wildman–Crippen MR) is 79.3 cm³/mol. The third-order valence-corrected chi connectivity index (χ3v) is 4.18. The van der Waals surface area contributed by atoms with Gasteiger partial charge in [0, 0.05) is 0 Å². The van der Waals surface area contributed by atoms with Gasteiger partial charge in [0.25, 0.3) is 0 Å². The molecule has 22 heavy (non-hydrogen) atoms. The smallest absolute Gasteiger partial charge is 0.339 e. The van der Waals surface area contributed by atoms with E-state index in [2.05, 4.69) is 4.98 Å². The van der Waals surface area contributed by atoms with Crippen LogP contribution in [0, 0.1) is 13.8 Å². The Kier molecular flexibility index (Phi) is 4.46. The van der Waals surface area contributed by atoms with Crippen LogP contribution in [-0.2, 0) is 21.3 Å². The van der Waals surface area contributed by atoms with Crippen molar-refractivity contribution in [1.82, 2.24) is 4.98 Å². The molecule has 1 aromatic carbocycles. The summed E-state index contributed by atoms with van der Waals surface area (Å²) < 4.78 is 29.4. The fourth-order valence-corrected chi connectivity index (χ4v) is 2.79. The number of rotatable bonds is 5. The number of aryl methyl sites for hydroxylation is 2. The SMILES string of the molecule is Cc1ccc(S(=O)(=O)Oc2ccc(CC(=O)O)nc2C)cc1. The Morgan fingerprint density at radius 2 is 1.77 bits per heavy atom. The lowest BCUT2D eigenvalue weighted by molar-refractivity contribution is -0.136. The first kappa shape index (κ1) is 16.0. The molecule has 0 bridgehead atoms. The van der Waals surface area contributed by atoms with Gasteiger partial charge in [0.2, 0.25) is 0 Å². The van der Waals surface area contributed by atoms with Gasteiger partial charge < -0.3 is 9.29 Å². The minimum Gasteiger partial charge on any atom is -0.481 e. The summed E-state index contributed by atoms with van der Waals surface area (Å²) in [7, 11) is -3.94. The first-order valence-electron chi connectivity index (χ1n) is 6.47. The molecule has 0 radical (unpaired) electrons. The maximum absolute atomic E-state index is 12.2. The molecule has 1 aromatic heterocycles. The summed E-state index contributed by atoms with van der Waals surface area (Å²) in [6.07, 6.45) is -0.230. The highest BCUT2D eigenvalue weighted by Gasteiger charge is 2.18. The van der Waals surface area contributed by atoms with Crippen LogP contribution in [-0.4, -0.2) is 24.5 Å². The van der Waals surface area contributed by atoms with Crippen LogP contribution in [0.5, 0.6) is 5.75 Å². The maximum Gasteiger partial charge on any atom is 0.339 e. The molecule has 0 amide bonds. The molecule has 1 N–H and O–H groups in total. The van der Waals surface area contributed by atoms with Crippen LogP contribution in [0.3, 0.4) is 0 Å². The van der Waals surface area contributed by atoms with Gasteiger partial charge in [-0.25, -0.2) is 0 Å². The maximum atomic E-state index is 12.2. The highest BCUT2D eigenvalue weighted by molar-refractivity contribution is 7.87. The molecule has 6 nitrogen and oxygen atoms in total. The molecule has 0 saturated heterocycles. The fraction of sp³-hybridized carbons (Fsp3) is 0.200. The Labute approximate surface area is 128 Å². The van der Waals surface area contributed by atoms with E-state index in [0.29, 0.717) is 11.4 Å². The normalized spacial score (nSPS) is 11.2. The van der Waals surface area contributed by atoms with Gasteiger partial charge in [0.05, 0.1) is 17.8 Å². The molecule has 0 aliphatic carbocycles. The van der Waals surface area contributed by atoms with E-state index in [-0.39, 0.29) is 17.1 Å². The molecule has 0 aliphatic rings. The third kappa shape index (κ3) is 3.82. The van der Waals surface area contributed by atoms with Crippen LogP contribution in [0.4, 0.5) is 0 Å². The monoisotopic (exact) mass is 321 g/mol.